The van der Waals surface area contributed by atoms with Crippen LogP contribution < -0.4 is 10.6 Å². The number of amides is 2. The largest absolute Gasteiger partial charge is 0.387 e. The van der Waals surface area contributed by atoms with Crippen LogP contribution in [0.3, 0.4) is 0 Å². The predicted octanol–water partition coefficient (Wildman–Crippen LogP) is 3.95. The van der Waals surface area contributed by atoms with Gasteiger partial charge in [0.2, 0.25) is 0 Å². The maximum Gasteiger partial charge on any atom is 0.319 e. The Morgan fingerprint density at radius 1 is 1.26 bits per heavy atom. The van der Waals surface area contributed by atoms with Crippen LogP contribution in [-0.4, -0.2) is 17.7 Å². The minimum absolute atomic E-state index is 0.0124. The van der Waals surface area contributed by atoms with E-state index in [-0.39, 0.29) is 11.6 Å². The summed E-state index contributed by atoms with van der Waals surface area (Å²) in [6, 6.07) is 9.32. The van der Waals surface area contributed by atoms with E-state index in [4.69, 9.17) is 11.6 Å². The molecule has 0 fully saturated rings. The number of benzene rings is 2. The van der Waals surface area contributed by atoms with E-state index in [1.54, 1.807) is 0 Å². The predicted molar refractivity (Wildman–Crippen MR) is 89.3 cm³/mol. The molecule has 0 spiro atoms. The lowest BCUT2D eigenvalue weighted by Crippen LogP contribution is -2.32. The normalized spacial score (nSPS) is 11.9. The molecule has 122 valence electrons. The molecule has 0 radical (unpaired) electrons. The number of carbonyl (C=O) groups is 1. The van der Waals surface area contributed by atoms with Gasteiger partial charge in [-0.2, -0.15) is 0 Å². The summed E-state index contributed by atoms with van der Waals surface area (Å²) in [5.41, 5.74) is 3.02. The van der Waals surface area contributed by atoms with Gasteiger partial charge < -0.3 is 15.7 Å². The number of urea groups is 1. The molecule has 2 rings (SSSR count). The molecule has 0 aliphatic carbocycles. The van der Waals surface area contributed by atoms with Gasteiger partial charge in [0.25, 0.3) is 0 Å². The molecule has 0 saturated heterocycles. The Labute approximate surface area is 139 Å². The highest BCUT2D eigenvalue weighted by Crippen LogP contribution is 2.20. The zero-order valence-corrected chi connectivity index (χ0v) is 13.6. The maximum absolute atomic E-state index is 13.4. The second kappa shape index (κ2) is 7.44. The quantitative estimate of drug-likeness (QED) is 0.791. The van der Waals surface area contributed by atoms with E-state index in [2.05, 4.69) is 10.6 Å². The van der Waals surface area contributed by atoms with Crippen LogP contribution in [0.1, 0.15) is 22.8 Å². The molecule has 3 N–H and O–H groups in total. The molecule has 0 aliphatic heterocycles. The summed E-state index contributed by atoms with van der Waals surface area (Å²) >= 11 is 5.59. The number of aliphatic hydroxyl groups is 1. The second-order valence-electron chi connectivity index (χ2n) is 5.34. The van der Waals surface area contributed by atoms with E-state index in [0.717, 1.165) is 17.2 Å². The van der Waals surface area contributed by atoms with Gasteiger partial charge in [-0.3, -0.25) is 0 Å². The Morgan fingerprint density at radius 2 is 2.00 bits per heavy atom. The molecule has 1 atom stereocenters. The van der Waals surface area contributed by atoms with Crippen LogP contribution in [0.2, 0.25) is 5.02 Å². The Hall–Kier alpha value is -2.11. The minimum Gasteiger partial charge on any atom is -0.387 e. The molecular weight excluding hydrogens is 319 g/mol. The first-order chi connectivity index (χ1) is 10.9. The van der Waals surface area contributed by atoms with Crippen molar-refractivity contribution in [2.24, 2.45) is 0 Å². The molecule has 2 amide bonds. The molecule has 0 aliphatic rings. The molecule has 6 heteroatoms. The maximum atomic E-state index is 13.4. The summed E-state index contributed by atoms with van der Waals surface area (Å²) in [4.78, 5) is 11.9. The van der Waals surface area contributed by atoms with Crippen molar-refractivity contribution in [1.82, 2.24) is 5.32 Å². The lowest BCUT2D eigenvalue weighted by atomic mass is 10.1. The van der Waals surface area contributed by atoms with Crippen LogP contribution in [0.5, 0.6) is 0 Å². The number of anilines is 1. The molecule has 4 nitrogen and oxygen atoms in total. The number of hydrogen-bond acceptors (Lipinski definition) is 2. The molecule has 1 unspecified atom stereocenters. The van der Waals surface area contributed by atoms with Crippen molar-refractivity contribution in [3.05, 3.63) is 63.9 Å². The Morgan fingerprint density at radius 3 is 2.70 bits per heavy atom. The minimum atomic E-state index is -1.02. The van der Waals surface area contributed by atoms with E-state index in [9.17, 15) is 14.3 Å². The zero-order chi connectivity index (χ0) is 17.0. The molecule has 0 heterocycles. The van der Waals surface area contributed by atoms with Crippen LogP contribution in [0, 0.1) is 19.7 Å². The highest BCUT2D eigenvalue weighted by Gasteiger charge is 2.12. The summed E-state index contributed by atoms with van der Waals surface area (Å²) in [6.07, 6.45) is -1.02. The molecule has 0 saturated carbocycles. The topological polar surface area (TPSA) is 61.4 Å². The van der Waals surface area contributed by atoms with Crippen molar-refractivity contribution in [2.75, 3.05) is 11.9 Å². The fourth-order valence-corrected chi connectivity index (χ4v) is 2.18. The fourth-order valence-electron chi connectivity index (χ4n) is 2.06. The molecule has 2 aromatic carbocycles. The summed E-state index contributed by atoms with van der Waals surface area (Å²) in [7, 11) is 0. The smallest absolute Gasteiger partial charge is 0.319 e. The van der Waals surface area contributed by atoms with E-state index in [1.165, 1.54) is 12.1 Å². The first kappa shape index (κ1) is 17.2. The SMILES string of the molecule is Cc1ccc(C)c(NC(=O)NCC(O)c2ccc(Cl)c(F)c2)c1. The molecule has 0 bridgehead atoms. The van der Waals surface area contributed by atoms with Gasteiger partial charge in [-0.05, 0) is 48.7 Å². The number of rotatable bonds is 4. The number of halogens is 2. The third kappa shape index (κ3) is 4.68. The Kier molecular flexibility index (Phi) is 5.58. The van der Waals surface area contributed by atoms with Gasteiger partial charge >= 0.3 is 6.03 Å². The number of hydrogen-bond donors (Lipinski definition) is 3. The average Bonchev–Trinajstić information content (AvgIpc) is 2.51. The molecule has 2 aromatic rings. The Balaban J connectivity index is 1.93. The number of aryl methyl sites for hydroxylation is 2. The van der Waals surface area contributed by atoms with Gasteiger partial charge in [0.05, 0.1) is 11.1 Å². The number of carbonyl (C=O) groups excluding carboxylic acids is 1. The van der Waals surface area contributed by atoms with E-state index in [0.29, 0.717) is 11.3 Å². The van der Waals surface area contributed by atoms with Crippen LogP contribution in [0.25, 0.3) is 0 Å². The van der Waals surface area contributed by atoms with E-state index < -0.39 is 18.0 Å². The summed E-state index contributed by atoms with van der Waals surface area (Å²) in [5, 5.41) is 15.3. The number of aliphatic hydroxyl groups excluding tert-OH is 1. The van der Waals surface area contributed by atoms with Crippen LogP contribution in [0.4, 0.5) is 14.9 Å². The van der Waals surface area contributed by atoms with Crippen molar-refractivity contribution >= 4 is 23.3 Å². The first-order valence-electron chi connectivity index (χ1n) is 7.12. The first-order valence-corrected chi connectivity index (χ1v) is 7.49. The third-order valence-electron chi connectivity index (χ3n) is 3.43. The van der Waals surface area contributed by atoms with Gasteiger partial charge in [-0.25, -0.2) is 9.18 Å². The van der Waals surface area contributed by atoms with Crippen molar-refractivity contribution < 1.29 is 14.3 Å². The number of nitrogens with one attached hydrogen (secondary N) is 2. The summed E-state index contributed by atoms with van der Waals surface area (Å²) in [5.74, 6) is -0.608. The summed E-state index contributed by atoms with van der Waals surface area (Å²) in [6.45, 7) is 3.78. The monoisotopic (exact) mass is 336 g/mol. The lowest BCUT2D eigenvalue weighted by molar-refractivity contribution is 0.174. The molecular formula is C17H18ClFN2O2. The second-order valence-corrected chi connectivity index (χ2v) is 5.75. The highest BCUT2D eigenvalue weighted by molar-refractivity contribution is 6.30. The van der Waals surface area contributed by atoms with Crippen molar-refractivity contribution in [3.63, 3.8) is 0 Å². The van der Waals surface area contributed by atoms with Crippen molar-refractivity contribution in [3.8, 4) is 0 Å². The van der Waals surface area contributed by atoms with Gasteiger partial charge in [0.15, 0.2) is 0 Å². The van der Waals surface area contributed by atoms with Crippen LogP contribution in [0.15, 0.2) is 36.4 Å². The van der Waals surface area contributed by atoms with E-state index in [1.807, 2.05) is 32.0 Å². The standard InChI is InChI=1S/C17H18ClFN2O2/c1-10-3-4-11(2)15(7-10)21-17(23)20-9-16(22)12-5-6-13(18)14(19)8-12/h3-8,16,22H,9H2,1-2H3,(H2,20,21,23). The van der Waals surface area contributed by atoms with E-state index >= 15 is 0 Å². The lowest BCUT2D eigenvalue weighted by Gasteiger charge is -2.14. The van der Waals surface area contributed by atoms with Crippen LogP contribution in [-0.2, 0) is 0 Å². The third-order valence-corrected chi connectivity index (χ3v) is 3.73. The zero-order valence-electron chi connectivity index (χ0n) is 12.9. The highest BCUT2D eigenvalue weighted by atomic mass is 35.5. The molecule has 0 aromatic heterocycles. The van der Waals surface area contributed by atoms with Crippen molar-refractivity contribution in [1.29, 1.82) is 0 Å². The van der Waals surface area contributed by atoms with Gasteiger partial charge in [-0.1, -0.05) is 29.8 Å². The average molecular weight is 337 g/mol. The fraction of sp³-hybridized carbons (Fsp3) is 0.235. The summed E-state index contributed by atoms with van der Waals surface area (Å²) < 4.78 is 13.4. The van der Waals surface area contributed by atoms with Gasteiger partial charge in [0, 0.05) is 12.2 Å². The Bertz CT molecular complexity index is 722. The van der Waals surface area contributed by atoms with Gasteiger partial charge in [-0.15, -0.1) is 0 Å². The van der Waals surface area contributed by atoms with Crippen molar-refractivity contribution in [2.45, 2.75) is 20.0 Å². The van der Waals surface area contributed by atoms with Crippen LogP contribution >= 0.6 is 11.6 Å². The molecule has 23 heavy (non-hydrogen) atoms. The van der Waals surface area contributed by atoms with Gasteiger partial charge in [0.1, 0.15) is 5.82 Å².